The van der Waals surface area contributed by atoms with Gasteiger partial charge in [0, 0.05) is 11.3 Å². The molecule has 0 aromatic carbocycles. The summed E-state index contributed by atoms with van der Waals surface area (Å²) in [5.74, 6) is 0. The fourth-order valence-corrected chi connectivity index (χ4v) is 1.98. The van der Waals surface area contributed by atoms with Crippen molar-refractivity contribution in [3.63, 3.8) is 0 Å². The SMILES string of the molecule is Cc1ncnc(Cl)c1C1(C)CC1. The summed E-state index contributed by atoms with van der Waals surface area (Å²) in [6.07, 6.45) is 3.94. The fourth-order valence-electron chi connectivity index (χ4n) is 1.57. The van der Waals surface area contributed by atoms with Crippen LogP contribution < -0.4 is 0 Å². The van der Waals surface area contributed by atoms with Gasteiger partial charge in [0.2, 0.25) is 0 Å². The zero-order valence-corrected chi connectivity index (χ0v) is 8.02. The Kier molecular flexibility index (Phi) is 1.62. The second kappa shape index (κ2) is 2.43. The van der Waals surface area contributed by atoms with Crippen molar-refractivity contribution in [2.75, 3.05) is 0 Å². The van der Waals surface area contributed by atoms with Crippen LogP contribution in [-0.4, -0.2) is 9.97 Å². The Morgan fingerprint density at radius 1 is 1.42 bits per heavy atom. The summed E-state index contributed by atoms with van der Waals surface area (Å²) in [6, 6.07) is 0. The minimum Gasteiger partial charge on any atom is -0.241 e. The van der Waals surface area contributed by atoms with Gasteiger partial charge in [-0.1, -0.05) is 18.5 Å². The van der Waals surface area contributed by atoms with E-state index in [1.165, 1.54) is 19.2 Å². The highest BCUT2D eigenvalue weighted by atomic mass is 35.5. The zero-order valence-electron chi connectivity index (χ0n) is 7.26. The second-order valence-corrected chi connectivity index (χ2v) is 4.04. The molecular weight excluding hydrogens is 172 g/mol. The maximum atomic E-state index is 6.00. The van der Waals surface area contributed by atoms with E-state index in [-0.39, 0.29) is 5.41 Å². The summed E-state index contributed by atoms with van der Waals surface area (Å²) < 4.78 is 0. The Labute approximate surface area is 77.0 Å². The molecule has 1 aliphatic rings. The van der Waals surface area contributed by atoms with Crippen LogP contribution in [-0.2, 0) is 5.41 Å². The first kappa shape index (κ1) is 7.99. The Balaban J connectivity index is 2.55. The molecule has 0 N–H and O–H groups in total. The van der Waals surface area contributed by atoms with Crippen molar-refractivity contribution in [2.45, 2.75) is 32.1 Å². The average Bonchev–Trinajstić information content (AvgIpc) is 2.68. The molecule has 0 aliphatic heterocycles. The average molecular weight is 183 g/mol. The number of aryl methyl sites for hydroxylation is 1. The van der Waals surface area contributed by atoms with Crippen molar-refractivity contribution < 1.29 is 0 Å². The number of rotatable bonds is 1. The maximum absolute atomic E-state index is 6.00. The number of aromatic nitrogens is 2. The highest BCUT2D eigenvalue weighted by Crippen LogP contribution is 2.50. The molecule has 1 heterocycles. The first-order chi connectivity index (χ1) is 5.63. The normalized spacial score (nSPS) is 19.2. The monoisotopic (exact) mass is 182 g/mol. The van der Waals surface area contributed by atoms with E-state index in [1.807, 2.05) is 6.92 Å². The lowest BCUT2D eigenvalue weighted by molar-refractivity contribution is 0.760. The van der Waals surface area contributed by atoms with Crippen molar-refractivity contribution in [3.8, 4) is 0 Å². The third-order valence-corrected chi connectivity index (χ3v) is 2.88. The third-order valence-electron chi connectivity index (χ3n) is 2.59. The molecule has 1 aromatic heterocycles. The van der Waals surface area contributed by atoms with Crippen LogP contribution in [0.2, 0.25) is 5.15 Å². The van der Waals surface area contributed by atoms with Crippen molar-refractivity contribution in [1.29, 1.82) is 0 Å². The van der Waals surface area contributed by atoms with Gasteiger partial charge in [0.25, 0.3) is 0 Å². The van der Waals surface area contributed by atoms with Crippen LogP contribution in [0.4, 0.5) is 0 Å². The Morgan fingerprint density at radius 2 is 2.08 bits per heavy atom. The van der Waals surface area contributed by atoms with E-state index in [0.717, 1.165) is 11.3 Å². The summed E-state index contributed by atoms with van der Waals surface area (Å²) >= 11 is 6.00. The summed E-state index contributed by atoms with van der Waals surface area (Å²) in [7, 11) is 0. The van der Waals surface area contributed by atoms with Gasteiger partial charge < -0.3 is 0 Å². The van der Waals surface area contributed by atoms with Gasteiger partial charge in [0.1, 0.15) is 11.5 Å². The van der Waals surface area contributed by atoms with Crippen molar-refractivity contribution >= 4 is 11.6 Å². The van der Waals surface area contributed by atoms with Crippen LogP contribution in [0.25, 0.3) is 0 Å². The molecule has 2 nitrogen and oxygen atoms in total. The second-order valence-electron chi connectivity index (χ2n) is 3.69. The van der Waals surface area contributed by atoms with Crippen molar-refractivity contribution in [1.82, 2.24) is 9.97 Å². The van der Waals surface area contributed by atoms with Gasteiger partial charge in [-0.15, -0.1) is 0 Å². The van der Waals surface area contributed by atoms with Gasteiger partial charge in [-0.3, -0.25) is 0 Å². The summed E-state index contributed by atoms with van der Waals surface area (Å²) in [5, 5.41) is 0.627. The molecule has 0 saturated heterocycles. The van der Waals surface area contributed by atoms with E-state index < -0.39 is 0 Å². The van der Waals surface area contributed by atoms with Crippen LogP contribution in [0.15, 0.2) is 6.33 Å². The Hall–Kier alpha value is -0.630. The molecule has 0 radical (unpaired) electrons. The van der Waals surface area contributed by atoms with Gasteiger partial charge in [-0.2, -0.15) is 0 Å². The molecule has 1 saturated carbocycles. The van der Waals surface area contributed by atoms with Gasteiger partial charge in [-0.05, 0) is 25.2 Å². The number of halogens is 1. The minimum atomic E-state index is 0.266. The molecule has 64 valence electrons. The highest BCUT2D eigenvalue weighted by molar-refractivity contribution is 6.30. The van der Waals surface area contributed by atoms with Crippen LogP contribution in [0, 0.1) is 6.92 Å². The van der Waals surface area contributed by atoms with E-state index in [2.05, 4.69) is 16.9 Å². The van der Waals surface area contributed by atoms with Crippen LogP contribution >= 0.6 is 11.6 Å². The maximum Gasteiger partial charge on any atom is 0.136 e. The van der Waals surface area contributed by atoms with Gasteiger partial charge >= 0.3 is 0 Å². The topological polar surface area (TPSA) is 25.8 Å². The molecule has 1 aromatic rings. The first-order valence-corrected chi connectivity index (χ1v) is 4.49. The molecule has 1 fully saturated rings. The summed E-state index contributed by atoms with van der Waals surface area (Å²) in [4.78, 5) is 8.15. The van der Waals surface area contributed by atoms with Crippen LogP contribution in [0.5, 0.6) is 0 Å². The predicted molar refractivity (Wildman–Crippen MR) is 48.4 cm³/mol. The molecule has 2 rings (SSSR count). The van der Waals surface area contributed by atoms with Crippen LogP contribution in [0.1, 0.15) is 31.0 Å². The molecule has 0 atom stereocenters. The third kappa shape index (κ3) is 1.11. The van der Waals surface area contributed by atoms with Crippen molar-refractivity contribution in [2.24, 2.45) is 0 Å². The zero-order chi connectivity index (χ0) is 8.77. The standard InChI is InChI=1S/C9H11ClN2/c1-6-7(9(2)3-4-9)8(10)12-5-11-6/h5H,3-4H2,1-2H3. The molecule has 0 unspecified atom stereocenters. The first-order valence-electron chi connectivity index (χ1n) is 4.11. The number of hydrogen-bond donors (Lipinski definition) is 0. The smallest absolute Gasteiger partial charge is 0.136 e. The molecule has 3 heteroatoms. The van der Waals surface area contributed by atoms with Gasteiger partial charge in [-0.25, -0.2) is 9.97 Å². The molecule has 0 amide bonds. The van der Waals surface area contributed by atoms with Crippen molar-refractivity contribution in [3.05, 3.63) is 22.7 Å². The quantitative estimate of drug-likeness (QED) is 0.624. The molecule has 1 aliphatic carbocycles. The largest absolute Gasteiger partial charge is 0.241 e. The number of hydrogen-bond acceptors (Lipinski definition) is 2. The van der Waals surface area contributed by atoms with E-state index in [9.17, 15) is 0 Å². The minimum absolute atomic E-state index is 0.266. The highest BCUT2D eigenvalue weighted by Gasteiger charge is 2.42. The van der Waals surface area contributed by atoms with Gasteiger partial charge in [0.05, 0.1) is 0 Å². The van der Waals surface area contributed by atoms with E-state index >= 15 is 0 Å². The van der Waals surface area contributed by atoms with E-state index in [0.29, 0.717) is 5.15 Å². The fraction of sp³-hybridized carbons (Fsp3) is 0.556. The summed E-state index contributed by atoms with van der Waals surface area (Å²) in [6.45, 7) is 4.21. The lowest BCUT2D eigenvalue weighted by Gasteiger charge is -2.11. The Bertz CT molecular complexity index is 298. The predicted octanol–water partition coefficient (Wildman–Crippen LogP) is 2.49. The van der Waals surface area contributed by atoms with Gasteiger partial charge in [0.15, 0.2) is 0 Å². The molecule has 0 bridgehead atoms. The van der Waals surface area contributed by atoms with Crippen LogP contribution in [0.3, 0.4) is 0 Å². The Morgan fingerprint density at radius 3 is 2.58 bits per heavy atom. The lowest BCUT2D eigenvalue weighted by Crippen LogP contribution is -2.06. The van der Waals surface area contributed by atoms with E-state index in [1.54, 1.807) is 0 Å². The lowest BCUT2D eigenvalue weighted by atomic mass is 9.99. The molecule has 12 heavy (non-hydrogen) atoms. The summed E-state index contributed by atoms with van der Waals surface area (Å²) in [5.41, 5.74) is 2.43. The number of nitrogens with zero attached hydrogens (tertiary/aromatic N) is 2. The molecule has 0 spiro atoms. The van der Waals surface area contributed by atoms with E-state index in [4.69, 9.17) is 11.6 Å². The molecular formula is C9H11ClN2.